The summed E-state index contributed by atoms with van der Waals surface area (Å²) in [6.45, 7) is 3.66. The molecule has 0 saturated carbocycles. The number of hydrogen-bond acceptors (Lipinski definition) is 4. The lowest BCUT2D eigenvalue weighted by Crippen LogP contribution is -1.97. The zero-order valence-electron chi connectivity index (χ0n) is 23.2. The van der Waals surface area contributed by atoms with E-state index in [0.29, 0.717) is 38.2 Å². The molecule has 4 nitrogen and oxygen atoms in total. The Bertz CT molecular complexity index is 2100. The lowest BCUT2D eigenvalue weighted by atomic mass is 9.81. The van der Waals surface area contributed by atoms with Gasteiger partial charge in [-0.15, -0.1) is 0 Å². The van der Waals surface area contributed by atoms with E-state index >= 15 is 0 Å². The van der Waals surface area contributed by atoms with Crippen LogP contribution < -0.4 is 0 Å². The molecule has 4 heteroatoms. The van der Waals surface area contributed by atoms with E-state index in [9.17, 15) is 20.4 Å². The molecule has 0 fully saturated rings. The van der Waals surface area contributed by atoms with E-state index in [-0.39, 0.29) is 23.0 Å². The molecular formula is C38H28O4. The Morgan fingerprint density at radius 2 is 0.905 bits per heavy atom. The predicted octanol–water partition coefficient (Wildman–Crippen LogP) is 9.59. The van der Waals surface area contributed by atoms with Crippen LogP contribution in [0.1, 0.15) is 11.1 Å². The summed E-state index contributed by atoms with van der Waals surface area (Å²) in [6, 6.07) is 34.9. The van der Waals surface area contributed by atoms with Gasteiger partial charge in [0.2, 0.25) is 0 Å². The first-order valence-electron chi connectivity index (χ1n) is 13.9. The molecule has 0 aliphatic heterocycles. The summed E-state index contributed by atoms with van der Waals surface area (Å²) >= 11 is 0. The zero-order valence-corrected chi connectivity index (χ0v) is 23.2. The topological polar surface area (TPSA) is 80.9 Å². The van der Waals surface area contributed by atoms with E-state index in [2.05, 4.69) is 12.1 Å². The normalized spacial score (nSPS) is 11.5. The standard InChI is InChI=1S/C38H28O4/c1-21-29(39)19-31(41)37-33(21)35(26-17-15-24(16-18-26)23-9-4-3-5-10-23)34-22(2)30(40)20-32(42)38(34)36(37)28-14-8-12-25-11-6-7-13-27(25)28/h3-20,39-42H,1-2H3. The van der Waals surface area contributed by atoms with Crippen LogP contribution in [-0.2, 0) is 0 Å². The van der Waals surface area contributed by atoms with Gasteiger partial charge in [0.05, 0.1) is 0 Å². The van der Waals surface area contributed by atoms with Crippen LogP contribution in [0.2, 0.25) is 0 Å². The molecule has 7 aromatic carbocycles. The number of hydrogen-bond donors (Lipinski definition) is 4. The van der Waals surface area contributed by atoms with Crippen LogP contribution in [0.15, 0.2) is 109 Å². The summed E-state index contributed by atoms with van der Waals surface area (Å²) in [4.78, 5) is 0. The summed E-state index contributed by atoms with van der Waals surface area (Å²) < 4.78 is 0. The number of fused-ring (bicyclic) bond motifs is 3. The minimum absolute atomic E-state index is 0.0348. The van der Waals surface area contributed by atoms with Gasteiger partial charge in [-0.25, -0.2) is 0 Å². The molecule has 0 aromatic heterocycles. The summed E-state index contributed by atoms with van der Waals surface area (Å²) in [6.07, 6.45) is 0. The van der Waals surface area contributed by atoms with Crippen LogP contribution in [0, 0.1) is 13.8 Å². The molecule has 0 aliphatic carbocycles. The minimum atomic E-state index is -0.0924. The number of rotatable bonds is 3. The Kier molecular flexibility index (Phi) is 5.80. The van der Waals surface area contributed by atoms with Gasteiger partial charge in [-0.3, -0.25) is 0 Å². The maximum Gasteiger partial charge on any atom is 0.127 e. The highest BCUT2D eigenvalue weighted by Gasteiger charge is 2.26. The molecule has 0 aliphatic rings. The molecule has 7 aromatic rings. The summed E-state index contributed by atoms with van der Waals surface area (Å²) in [5.74, 6) is -0.254. The third-order valence-electron chi connectivity index (χ3n) is 8.42. The zero-order chi connectivity index (χ0) is 29.1. The Labute approximate surface area is 243 Å². The third kappa shape index (κ3) is 3.76. The lowest BCUT2D eigenvalue weighted by molar-refractivity contribution is 0.452. The van der Waals surface area contributed by atoms with E-state index in [1.54, 1.807) is 0 Å². The van der Waals surface area contributed by atoms with E-state index in [1.165, 1.54) is 12.1 Å². The average Bonchev–Trinajstić information content (AvgIpc) is 3.01. The largest absolute Gasteiger partial charge is 0.508 e. The smallest absolute Gasteiger partial charge is 0.127 e. The van der Waals surface area contributed by atoms with E-state index < -0.39 is 0 Å². The molecule has 0 atom stereocenters. The van der Waals surface area contributed by atoms with Crippen LogP contribution in [0.25, 0.3) is 65.7 Å². The summed E-state index contributed by atoms with van der Waals surface area (Å²) in [5, 5.41) is 49.4. The monoisotopic (exact) mass is 548 g/mol. The first kappa shape index (κ1) is 25.5. The highest BCUT2D eigenvalue weighted by atomic mass is 16.3. The van der Waals surface area contributed by atoms with Crippen LogP contribution in [0.5, 0.6) is 23.0 Å². The van der Waals surface area contributed by atoms with Gasteiger partial charge in [0.1, 0.15) is 23.0 Å². The fourth-order valence-corrected chi connectivity index (χ4v) is 6.35. The number of benzene rings is 7. The molecule has 204 valence electrons. The van der Waals surface area contributed by atoms with Crippen molar-refractivity contribution in [1.82, 2.24) is 0 Å². The summed E-state index contributed by atoms with van der Waals surface area (Å²) in [5.41, 5.74) is 6.34. The molecule has 42 heavy (non-hydrogen) atoms. The van der Waals surface area contributed by atoms with Crippen molar-refractivity contribution in [1.29, 1.82) is 0 Å². The van der Waals surface area contributed by atoms with Gasteiger partial charge in [0.25, 0.3) is 0 Å². The van der Waals surface area contributed by atoms with E-state index in [0.717, 1.165) is 38.6 Å². The van der Waals surface area contributed by atoms with Crippen molar-refractivity contribution < 1.29 is 20.4 Å². The Morgan fingerprint density at radius 3 is 1.52 bits per heavy atom. The van der Waals surface area contributed by atoms with Gasteiger partial charge < -0.3 is 20.4 Å². The van der Waals surface area contributed by atoms with Crippen molar-refractivity contribution >= 4 is 32.3 Å². The highest BCUT2D eigenvalue weighted by molar-refractivity contribution is 6.28. The number of phenolic OH excluding ortho intramolecular Hbond substituents is 4. The second-order valence-corrected chi connectivity index (χ2v) is 10.8. The highest BCUT2D eigenvalue weighted by Crippen LogP contribution is 2.54. The maximum absolute atomic E-state index is 11.5. The van der Waals surface area contributed by atoms with Gasteiger partial charge in [0, 0.05) is 39.2 Å². The fourth-order valence-electron chi connectivity index (χ4n) is 6.35. The van der Waals surface area contributed by atoms with Crippen molar-refractivity contribution in [2.45, 2.75) is 13.8 Å². The van der Waals surface area contributed by atoms with E-state index in [1.807, 2.05) is 98.8 Å². The molecule has 0 bridgehead atoms. The number of phenols is 4. The Balaban J connectivity index is 1.70. The Hall–Kier alpha value is -5.48. The minimum Gasteiger partial charge on any atom is -0.508 e. The summed E-state index contributed by atoms with van der Waals surface area (Å²) in [7, 11) is 0. The fraction of sp³-hybridized carbons (Fsp3) is 0.0526. The first-order valence-corrected chi connectivity index (χ1v) is 13.9. The van der Waals surface area contributed by atoms with Gasteiger partial charge in [0.15, 0.2) is 0 Å². The van der Waals surface area contributed by atoms with Crippen LogP contribution in [-0.4, -0.2) is 20.4 Å². The molecule has 0 heterocycles. The van der Waals surface area contributed by atoms with Crippen LogP contribution >= 0.6 is 0 Å². The molecule has 7 rings (SSSR count). The van der Waals surface area contributed by atoms with Gasteiger partial charge >= 0.3 is 0 Å². The second kappa shape index (κ2) is 9.57. The van der Waals surface area contributed by atoms with Crippen molar-refractivity contribution in [3.63, 3.8) is 0 Å². The first-order chi connectivity index (χ1) is 20.3. The van der Waals surface area contributed by atoms with Crippen molar-refractivity contribution in [3.05, 3.63) is 120 Å². The van der Waals surface area contributed by atoms with Gasteiger partial charge in [-0.2, -0.15) is 0 Å². The quantitative estimate of drug-likeness (QED) is 0.166. The molecule has 0 amide bonds. The van der Waals surface area contributed by atoms with Crippen molar-refractivity contribution in [3.8, 4) is 56.4 Å². The predicted molar refractivity (Wildman–Crippen MR) is 171 cm³/mol. The number of aryl methyl sites for hydroxylation is 2. The van der Waals surface area contributed by atoms with Gasteiger partial charge in [-0.1, -0.05) is 97.1 Å². The molecule has 0 radical (unpaired) electrons. The lowest BCUT2D eigenvalue weighted by Gasteiger charge is -2.23. The molecule has 4 N–H and O–H groups in total. The van der Waals surface area contributed by atoms with Crippen molar-refractivity contribution in [2.75, 3.05) is 0 Å². The molecular weight excluding hydrogens is 520 g/mol. The van der Waals surface area contributed by atoms with Crippen molar-refractivity contribution in [2.24, 2.45) is 0 Å². The van der Waals surface area contributed by atoms with E-state index in [4.69, 9.17) is 0 Å². The average molecular weight is 549 g/mol. The molecule has 0 unspecified atom stereocenters. The van der Waals surface area contributed by atoms with Crippen LogP contribution in [0.4, 0.5) is 0 Å². The van der Waals surface area contributed by atoms with Crippen LogP contribution in [0.3, 0.4) is 0 Å². The second-order valence-electron chi connectivity index (χ2n) is 10.8. The Morgan fingerprint density at radius 1 is 0.405 bits per heavy atom. The van der Waals surface area contributed by atoms with Gasteiger partial charge in [-0.05, 0) is 63.6 Å². The molecule has 0 saturated heterocycles. The molecule has 0 spiro atoms. The third-order valence-corrected chi connectivity index (χ3v) is 8.42. The maximum atomic E-state index is 11.5. The number of aromatic hydroxyl groups is 4. The SMILES string of the molecule is Cc1c(O)cc(O)c2c(-c3cccc4ccccc34)c3c(O)cc(O)c(C)c3c(-c3ccc(-c4ccccc4)cc3)c12.